The molecule has 0 bridgehead atoms. The van der Waals surface area contributed by atoms with Crippen LogP contribution in [0.2, 0.25) is 0 Å². The van der Waals surface area contributed by atoms with Gasteiger partial charge in [-0.25, -0.2) is 0 Å². The third kappa shape index (κ3) is 4.21. The van der Waals surface area contributed by atoms with Crippen molar-refractivity contribution >= 4 is 12.0 Å². The van der Waals surface area contributed by atoms with Crippen LogP contribution >= 0.6 is 0 Å². The molecule has 1 aromatic rings. The van der Waals surface area contributed by atoms with E-state index in [1.807, 2.05) is 48.4 Å². The van der Waals surface area contributed by atoms with Gasteiger partial charge in [0.05, 0.1) is 0 Å². The molecule has 0 aromatic heterocycles. The van der Waals surface area contributed by atoms with Gasteiger partial charge >= 0.3 is 0 Å². The van der Waals surface area contributed by atoms with Crippen LogP contribution in [0, 0.1) is 5.92 Å². The van der Waals surface area contributed by atoms with Gasteiger partial charge in [-0.05, 0) is 44.0 Å². The summed E-state index contributed by atoms with van der Waals surface area (Å²) < 4.78 is 0. The molecule has 1 fully saturated rings. The van der Waals surface area contributed by atoms with Crippen molar-refractivity contribution in [2.24, 2.45) is 5.92 Å². The van der Waals surface area contributed by atoms with E-state index in [2.05, 4.69) is 5.32 Å². The van der Waals surface area contributed by atoms with E-state index < -0.39 is 0 Å². The molecule has 1 aliphatic heterocycles. The van der Waals surface area contributed by atoms with E-state index in [0.29, 0.717) is 5.92 Å². The number of benzene rings is 1. The predicted molar refractivity (Wildman–Crippen MR) is 78.7 cm³/mol. The summed E-state index contributed by atoms with van der Waals surface area (Å²) in [6.07, 6.45) is 5.78. The lowest BCUT2D eigenvalue weighted by Gasteiger charge is -2.31. The molecule has 0 saturated carbocycles. The van der Waals surface area contributed by atoms with E-state index >= 15 is 0 Å². The van der Waals surface area contributed by atoms with E-state index in [-0.39, 0.29) is 5.91 Å². The van der Waals surface area contributed by atoms with Crippen LogP contribution in [0.4, 0.5) is 0 Å². The molecule has 19 heavy (non-hydrogen) atoms. The largest absolute Gasteiger partial charge is 0.339 e. The maximum atomic E-state index is 12.1. The average Bonchev–Trinajstić information content (AvgIpc) is 2.47. The first-order valence-electron chi connectivity index (χ1n) is 6.96. The monoisotopic (exact) mass is 258 g/mol. The molecule has 1 N–H and O–H groups in total. The van der Waals surface area contributed by atoms with Crippen LogP contribution in [-0.4, -0.2) is 37.5 Å². The van der Waals surface area contributed by atoms with E-state index in [4.69, 9.17) is 0 Å². The highest BCUT2D eigenvalue weighted by Crippen LogP contribution is 2.16. The average molecular weight is 258 g/mol. The molecule has 0 aliphatic carbocycles. The Morgan fingerprint density at radius 3 is 2.63 bits per heavy atom. The topological polar surface area (TPSA) is 32.3 Å². The van der Waals surface area contributed by atoms with Gasteiger partial charge in [0.15, 0.2) is 0 Å². The lowest BCUT2D eigenvalue weighted by Crippen LogP contribution is -2.39. The maximum Gasteiger partial charge on any atom is 0.246 e. The summed E-state index contributed by atoms with van der Waals surface area (Å²) in [5, 5.41) is 3.21. The van der Waals surface area contributed by atoms with Gasteiger partial charge in [-0.2, -0.15) is 0 Å². The zero-order valence-corrected chi connectivity index (χ0v) is 11.5. The number of hydrogen-bond acceptors (Lipinski definition) is 2. The van der Waals surface area contributed by atoms with Gasteiger partial charge < -0.3 is 10.2 Å². The summed E-state index contributed by atoms with van der Waals surface area (Å²) in [5.41, 5.74) is 1.07. The first kappa shape index (κ1) is 13.8. The third-order valence-electron chi connectivity index (χ3n) is 3.64. The zero-order valence-electron chi connectivity index (χ0n) is 11.5. The van der Waals surface area contributed by atoms with Gasteiger partial charge in [-0.15, -0.1) is 0 Å². The molecule has 3 nitrogen and oxygen atoms in total. The SMILES string of the molecule is CNCC1CCN(C(=O)C=Cc2ccccc2)CC1. The number of likely N-dealkylation sites (tertiary alicyclic amines) is 1. The van der Waals surface area contributed by atoms with E-state index in [0.717, 1.165) is 38.0 Å². The molecule has 0 spiro atoms. The van der Waals surface area contributed by atoms with Crippen molar-refractivity contribution in [2.75, 3.05) is 26.7 Å². The molecule has 0 radical (unpaired) electrons. The van der Waals surface area contributed by atoms with Gasteiger partial charge in [0.2, 0.25) is 5.91 Å². The minimum absolute atomic E-state index is 0.131. The molecule has 2 rings (SSSR count). The number of nitrogens with one attached hydrogen (secondary N) is 1. The van der Waals surface area contributed by atoms with E-state index in [9.17, 15) is 4.79 Å². The van der Waals surface area contributed by atoms with Crippen molar-refractivity contribution in [3.8, 4) is 0 Å². The van der Waals surface area contributed by atoms with Crippen molar-refractivity contribution < 1.29 is 4.79 Å². The number of carbonyl (C=O) groups is 1. The Kier molecular flexibility index (Phi) is 5.16. The van der Waals surface area contributed by atoms with Crippen LogP contribution in [0.1, 0.15) is 18.4 Å². The van der Waals surface area contributed by atoms with E-state index in [1.54, 1.807) is 6.08 Å². The molecule has 102 valence electrons. The lowest BCUT2D eigenvalue weighted by molar-refractivity contribution is -0.127. The van der Waals surface area contributed by atoms with Crippen LogP contribution in [-0.2, 0) is 4.79 Å². The smallest absolute Gasteiger partial charge is 0.246 e. The maximum absolute atomic E-state index is 12.1. The molecule has 0 atom stereocenters. The highest BCUT2D eigenvalue weighted by Gasteiger charge is 2.20. The van der Waals surface area contributed by atoms with E-state index in [1.165, 1.54) is 0 Å². The van der Waals surface area contributed by atoms with Crippen LogP contribution in [0.3, 0.4) is 0 Å². The number of hydrogen-bond donors (Lipinski definition) is 1. The van der Waals surface area contributed by atoms with Crippen molar-refractivity contribution in [1.82, 2.24) is 10.2 Å². The fourth-order valence-electron chi connectivity index (χ4n) is 2.48. The molecule has 3 heteroatoms. The zero-order chi connectivity index (χ0) is 13.5. The Morgan fingerprint density at radius 1 is 1.32 bits per heavy atom. The minimum atomic E-state index is 0.131. The highest BCUT2D eigenvalue weighted by molar-refractivity contribution is 5.91. The van der Waals surface area contributed by atoms with Crippen LogP contribution < -0.4 is 5.32 Å². The summed E-state index contributed by atoms with van der Waals surface area (Å²) in [5.74, 6) is 0.846. The van der Waals surface area contributed by atoms with Crippen LogP contribution in [0.25, 0.3) is 6.08 Å². The predicted octanol–water partition coefficient (Wildman–Crippen LogP) is 2.16. The quantitative estimate of drug-likeness (QED) is 0.839. The second-order valence-electron chi connectivity index (χ2n) is 5.07. The Labute approximate surface area is 115 Å². The fourth-order valence-corrected chi connectivity index (χ4v) is 2.48. The normalized spacial score (nSPS) is 17.0. The molecular weight excluding hydrogens is 236 g/mol. The van der Waals surface area contributed by atoms with Crippen molar-refractivity contribution in [1.29, 1.82) is 0 Å². The van der Waals surface area contributed by atoms with Gasteiger partial charge in [-0.1, -0.05) is 30.3 Å². The Hall–Kier alpha value is -1.61. The Balaban J connectivity index is 1.83. The first-order chi connectivity index (χ1) is 9.29. The number of rotatable bonds is 4. The molecule has 0 unspecified atom stereocenters. The van der Waals surface area contributed by atoms with Gasteiger partial charge in [0, 0.05) is 19.2 Å². The number of piperidine rings is 1. The standard InChI is InChI=1S/C16H22N2O/c1-17-13-15-9-11-18(12-10-15)16(19)8-7-14-5-3-2-4-6-14/h2-8,15,17H,9-13H2,1H3. The first-order valence-corrected chi connectivity index (χ1v) is 6.96. The Morgan fingerprint density at radius 2 is 2.00 bits per heavy atom. The number of amides is 1. The fraction of sp³-hybridized carbons (Fsp3) is 0.438. The second kappa shape index (κ2) is 7.10. The van der Waals surface area contributed by atoms with Gasteiger partial charge in [0.1, 0.15) is 0 Å². The summed E-state index contributed by atoms with van der Waals surface area (Å²) in [6.45, 7) is 2.82. The molecular formula is C16H22N2O. The summed E-state index contributed by atoms with van der Waals surface area (Å²) in [6, 6.07) is 9.94. The van der Waals surface area contributed by atoms with Gasteiger partial charge in [-0.3, -0.25) is 4.79 Å². The lowest BCUT2D eigenvalue weighted by atomic mass is 9.97. The van der Waals surface area contributed by atoms with Gasteiger partial charge in [0.25, 0.3) is 0 Å². The number of nitrogens with zero attached hydrogens (tertiary/aromatic N) is 1. The molecule has 1 amide bonds. The highest BCUT2D eigenvalue weighted by atomic mass is 16.2. The summed E-state index contributed by atoms with van der Waals surface area (Å²) >= 11 is 0. The molecule has 1 aromatic carbocycles. The number of carbonyl (C=O) groups excluding carboxylic acids is 1. The van der Waals surface area contributed by atoms with Crippen molar-refractivity contribution in [3.63, 3.8) is 0 Å². The second-order valence-corrected chi connectivity index (χ2v) is 5.07. The molecule has 1 heterocycles. The Bertz CT molecular complexity index is 420. The molecule has 1 saturated heterocycles. The summed E-state index contributed by atoms with van der Waals surface area (Å²) in [7, 11) is 1.99. The minimum Gasteiger partial charge on any atom is -0.339 e. The van der Waals surface area contributed by atoms with Crippen molar-refractivity contribution in [3.05, 3.63) is 42.0 Å². The third-order valence-corrected chi connectivity index (χ3v) is 3.64. The van der Waals surface area contributed by atoms with Crippen LogP contribution in [0.15, 0.2) is 36.4 Å². The molecule has 1 aliphatic rings. The summed E-state index contributed by atoms with van der Waals surface area (Å²) in [4.78, 5) is 14.0. The van der Waals surface area contributed by atoms with Crippen LogP contribution in [0.5, 0.6) is 0 Å². The van der Waals surface area contributed by atoms with Crippen molar-refractivity contribution in [2.45, 2.75) is 12.8 Å².